The second-order valence-electron chi connectivity index (χ2n) is 5.27. The monoisotopic (exact) mass is 366 g/mol. The lowest BCUT2D eigenvalue weighted by molar-refractivity contribution is 0.0634. The predicted molar refractivity (Wildman–Crippen MR) is 93.9 cm³/mol. The highest BCUT2D eigenvalue weighted by molar-refractivity contribution is 7.99. The van der Waals surface area contributed by atoms with E-state index >= 15 is 0 Å². The minimum atomic E-state index is -2.62. The van der Waals surface area contributed by atoms with Crippen molar-refractivity contribution in [2.75, 3.05) is 13.2 Å². The number of carbonyl (C=O) groups excluding carboxylic acids is 1. The van der Waals surface area contributed by atoms with E-state index in [0.29, 0.717) is 19.6 Å². The van der Waals surface area contributed by atoms with Crippen molar-refractivity contribution in [3.8, 4) is 0 Å². The third-order valence-electron chi connectivity index (χ3n) is 3.46. The van der Waals surface area contributed by atoms with Gasteiger partial charge in [-0.1, -0.05) is 30.3 Å². The molecule has 0 saturated heterocycles. The summed E-state index contributed by atoms with van der Waals surface area (Å²) in [5.41, 5.74) is 1.25. The van der Waals surface area contributed by atoms with Gasteiger partial charge in [-0.25, -0.2) is 4.98 Å². The quantitative estimate of drug-likeness (QED) is 0.531. The fraction of sp³-hybridized carbons (Fsp3) is 0.333. The van der Waals surface area contributed by atoms with Gasteiger partial charge >= 0.3 is 0 Å². The van der Waals surface area contributed by atoms with Crippen LogP contribution in [0.2, 0.25) is 0 Å². The smallest absolute Gasteiger partial charge is 0.290 e. The highest BCUT2D eigenvalue weighted by Gasteiger charge is 2.16. The molecule has 1 aromatic heterocycles. The molecule has 0 aliphatic heterocycles. The first-order valence-electron chi connectivity index (χ1n) is 7.92. The molecular formula is C18H20F2N2O2S. The van der Waals surface area contributed by atoms with Crippen molar-refractivity contribution >= 4 is 17.7 Å². The van der Waals surface area contributed by atoms with Crippen LogP contribution in [0.25, 0.3) is 0 Å². The van der Waals surface area contributed by atoms with Crippen molar-refractivity contribution in [1.82, 2.24) is 10.3 Å². The molecule has 0 fully saturated rings. The third kappa shape index (κ3) is 6.43. The summed E-state index contributed by atoms with van der Waals surface area (Å²) in [6, 6.07) is 12.9. The highest BCUT2D eigenvalue weighted by atomic mass is 32.2. The maximum Gasteiger partial charge on any atom is 0.290 e. The summed E-state index contributed by atoms with van der Waals surface area (Å²) in [6.07, 6.45) is 1.99. The minimum Gasteiger partial charge on any atom is -0.374 e. The number of thioether (sulfide) groups is 1. The van der Waals surface area contributed by atoms with E-state index in [1.54, 1.807) is 6.07 Å². The number of aromatic nitrogens is 1. The minimum absolute atomic E-state index is 0.0238. The molecule has 0 aliphatic rings. The van der Waals surface area contributed by atoms with Crippen LogP contribution >= 0.6 is 11.8 Å². The number of hydrogen-bond donors (Lipinski definition) is 1. The van der Waals surface area contributed by atoms with Crippen LogP contribution < -0.4 is 5.32 Å². The molecule has 0 bridgehead atoms. The van der Waals surface area contributed by atoms with Crippen LogP contribution in [0.3, 0.4) is 0 Å². The zero-order chi connectivity index (χ0) is 18.1. The van der Waals surface area contributed by atoms with E-state index in [9.17, 15) is 13.6 Å². The van der Waals surface area contributed by atoms with Crippen LogP contribution in [0.4, 0.5) is 8.78 Å². The number of nitrogens with one attached hydrogen (secondary N) is 1. The number of alkyl halides is 2. The molecule has 1 N–H and O–H groups in total. The highest BCUT2D eigenvalue weighted by Crippen LogP contribution is 2.26. The van der Waals surface area contributed by atoms with E-state index in [0.717, 1.165) is 5.56 Å². The molecule has 1 atom stereocenters. The van der Waals surface area contributed by atoms with Crippen molar-refractivity contribution in [3.05, 3.63) is 59.8 Å². The molecule has 2 aromatic rings. The molecule has 1 heterocycles. The van der Waals surface area contributed by atoms with Gasteiger partial charge in [0.05, 0.1) is 11.7 Å². The second-order valence-corrected chi connectivity index (χ2v) is 6.25. The number of rotatable bonds is 9. The Kier molecular flexibility index (Phi) is 7.81. The Morgan fingerprint density at radius 1 is 1.24 bits per heavy atom. The summed E-state index contributed by atoms with van der Waals surface area (Å²) >= 11 is 0.269. The van der Waals surface area contributed by atoms with Gasteiger partial charge in [0.15, 0.2) is 0 Å². The van der Waals surface area contributed by atoms with E-state index in [1.165, 1.54) is 12.3 Å². The lowest BCUT2D eigenvalue weighted by atomic mass is 10.1. The molecule has 1 unspecified atom stereocenters. The van der Waals surface area contributed by atoms with Crippen molar-refractivity contribution in [2.24, 2.45) is 0 Å². The summed E-state index contributed by atoms with van der Waals surface area (Å²) in [6.45, 7) is 2.85. The first kappa shape index (κ1) is 19.3. The molecule has 1 amide bonds. The lowest BCUT2D eigenvalue weighted by Gasteiger charge is -2.13. The van der Waals surface area contributed by atoms with E-state index in [1.807, 2.05) is 37.3 Å². The molecule has 25 heavy (non-hydrogen) atoms. The molecule has 0 radical (unpaired) electrons. The molecule has 0 spiro atoms. The lowest BCUT2D eigenvalue weighted by Crippen LogP contribution is -2.26. The van der Waals surface area contributed by atoms with Crippen molar-refractivity contribution < 1.29 is 18.3 Å². The summed E-state index contributed by atoms with van der Waals surface area (Å²) in [7, 11) is 0. The SMILES string of the molecule is CC(OCCCNC(=O)c1cccnc1SC(F)F)c1ccccc1. The van der Waals surface area contributed by atoms with Gasteiger partial charge in [-0.2, -0.15) is 8.78 Å². The van der Waals surface area contributed by atoms with Gasteiger partial charge in [-0.05, 0) is 42.8 Å². The average molecular weight is 366 g/mol. The molecular weight excluding hydrogens is 346 g/mol. The summed E-state index contributed by atoms with van der Waals surface area (Å²) in [5.74, 6) is -3.03. The summed E-state index contributed by atoms with van der Waals surface area (Å²) < 4.78 is 30.7. The Bertz CT molecular complexity index is 671. The van der Waals surface area contributed by atoms with Crippen molar-refractivity contribution in [2.45, 2.75) is 30.2 Å². The fourth-order valence-corrected chi connectivity index (χ4v) is 2.77. The van der Waals surface area contributed by atoms with Crippen LogP contribution in [0.15, 0.2) is 53.7 Å². The average Bonchev–Trinajstić information content (AvgIpc) is 2.61. The molecule has 4 nitrogen and oxygen atoms in total. The number of nitrogens with zero attached hydrogens (tertiary/aromatic N) is 1. The fourth-order valence-electron chi connectivity index (χ4n) is 2.19. The normalized spacial score (nSPS) is 12.2. The predicted octanol–water partition coefficient (Wildman–Crippen LogP) is 4.29. The number of benzene rings is 1. The first-order chi connectivity index (χ1) is 12.1. The van der Waals surface area contributed by atoms with Crippen LogP contribution in [-0.4, -0.2) is 29.8 Å². The van der Waals surface area contributed by atoms with Crippen molar-refractivity contribution in [3.63, 3.8) is 0 Å². The molecule has 7 heteroatoms. The van der Waals surface area contributed by atoms with Gasteiger partial charge in [0.25, 0.3) is 11.7 Å². The van der Waals surface area contributed by atoms with Crippen LogP contribution in [-0.2, 0) is 4.74 Å². The Hall–Kier alpha value is -1.99. The molecule has 1 aromatic carbocycles. The number of amides is 1. The maximum atomic E-state index is 12.5. The number of hydrogen-bond acceptors (Lipinski definition) is 4. The first-order valence-corrected chi connectivity index (χ1v) is 8.80. The van der Waals surface area contributed by atoms with Crippen molar-refractivity contribution in [1.29, 1.82) is 0 Å². The Labute approximate surface area is 150 Å². The largest absolute Gasteiger partial charge is 0.374 e. The van der Waals surface area contributed by atoms with E-state index in [2.05, 4.69) is 10.3 Å². The summed E-state index contributed by atoms with van der Waals surface area (Å²) in [5, 5.41) is 2.74. The van der Waals surface area contributed by atoms with Crippen LogP contribution in [0, 0.1) is 0 Å². The standard InChI is InChI=1S/C18H20F2N2O2S/c1-13(14-7-3-2-4-8-14)24-12-6-11-21-16(23)15-9-5-10-22-17(15)25-18(19)20/h2-5,7-10,13,18H,6,11-12H2,1H3,(H,21,23). The van der Waals surface area contributed by atoms with Gasteiger partial charge in [-0.3, -0.25) is 4.79 Å². The topological polar surface area (TPSA) is 51.2 Å². The molecule has 134 valence electrons. The van der Waals surface area contributed by atoms with E-state index < -0.39 is 11.7 Å². The van der Waals surface area contributed by atoms with E-state index in [4.69, 9.17) is 4.74 Å². The maximum absolute atomic E-state index is 12.5. The van der Waals surface area contributed by atoms with Gasteiger partial charge < -0.3 is 10.1 Å². The molecule has 0 saturated carbocycles. The van der Waals surface area contributed by atoms with Gasteiger partial charge in [0, 0.05) is 19.3 Å². The van der Waals surface area contributed by atoms with Gasteiger partial charge in [-0.15, -0.1) is 0 Å². The number of halogens is 2. The zero-order valence-electron chi connectivity index (χ0n) is 13.8. The molecule has 0 aliphatic carbocycles. The van der Waals surface area contributed by atoms with Gasteiger partial charge in [0.2, 0.25) is 0 Å². The van der Waals surface area contributed by atoms with Crippen LogP contribution in [0.5, 0.6) is 0 Å². The second kappa shape index (κ2) is 10.1. The number of carbonyl (C=O) groups is 1. The van der Waals surface area contributed by atoms with E-state index in [-0.39, 0.29) is 28.5 Å². The number of ether oxygens (including phenoxy) is 1. The van der Waals surface area contributed by atoms with Crippen LogP contribution in [0.1, 0.15) is 35.4 Å². The zero-order valence-corrected chi connectivity index (χ0v) is 14.6. The third-order valence-corrected chi connectivity index (χ3v) is 4.19. The number of pyridine rings is 1. The summed E-state index contributed by atoms with van der Waals surface area (Å²) in [4.78, 5) is 16.0. The molecule has 2 rings (SSSR count). The Morgan fingerprint density at radius 2 is 2.00 bits per heavy atom. The Balaban J connectivity index is 1.74. The van der Waals surface area contributed by atoms with Gasteiger partial charge in [0.1, 0.15) is 5.03 Å². The Morgan fingerprint density at radius 3 is 2.72 bits per heavy atom.